The predicted molar refractivity (Wildman–Crippen MR) is 85.6 cm³/mol. The molecule has 0 fully saturated rings. The normalized spacial score (nSPS) is 9.73. The molecule has 0 atom stereocenters. The average Bonchev–Trinajstić information content (AvgIpc) is 2.51. The van der Waals surface area contributed by atoms with Gasteiger partial charge in [0.25, 0.3) is 0 Å². The summed E-state index contributed by atoms with van der Waals surface area (Å²) in [4.78, 5) is 28.2. The molecule has 0 aliphatic heterocycles. The molecule has 0 heterocycles. The van der Waals surface area contributed by atoms with E-state index in [1.54, 1.807) is 18.2 Å². The molecule has 22 heavy (non-hydrogen) atoms. The number of hydrogen-bond donors (Lipinski definition) is 0. The Morgan fingerprint density at radius 3 is 2.36 bits per heavy atom. The largest absolute Gasteiger partial charge is 0.240 e. The third-order valence-electron chi connectivity index (χ3n) is 3.34. The average molecular weight is 313 g/mol. The molecule has 0 bridgehead atoms. The van der Waals surface area contributed by atoms with Crippen LogP contribution in [0.1, 0.15) is 23.6 Å². The van der Waals surface area contributed by atoms with Crippen molar-refractivity contribution in [1.29, 1.82) is 0 Å². The van der Waals surface area contributed by atoms with Gasteiger partial charge in [-0.15, -0.1) is 0 Å². The van der Waals surface area contributed by atoms with Crippen LogP contribution in [0.4, 0.5) is 11.4 Å². The van der Waals surface area contributed by atoms with E-state index in [0.717, 1.165) is 17.5 Å². The van der Waals surface area contributed by atoms with Gasteiger partial charge in [0, 0.05) is 5.02 Å². The number of benzene rings is 2. The molecule has 5 heteroatoms. The van der Waals surface area contributed by atoms with Crippen LogP contribution in [0.5, 0.6) is 0 Å². The number of halogens is 1. The Morgan fingerprint density at radius 1 is 0.955 bits per heavy atom. The smallest absolute Gasteiger partial charge is 0.211 e. The molecular formula is C17H13ClN2O2. The van der Waals surface area contributed by atoms with Crippen molar-refractivity contribution in [2.24, 2.45) is 9.98 Å². The number of rotatable bonds is 5. The van der Waals surface area contributed by atoms with Crippen molar-refractivity contribution < 1.29 is 9.59 Å². The summed E-state index contributed by atoms with van der Waals surface area (Å²) >= 11 is 6.06. The number of carbonyl (C=O) groups excluding carboxylic acids is 2. The van der Waals surface area contributed by atoms with Crippen molar-refractivity contribution in [2.45, 2.75) is 19.8 Å². The minimum absolute atomic E-state index is 0.398. The SMILES string of the molecule is CCc1ccc(Cl)cc1Cc1ccc(N=C=O)cc1N=C=O. The fraction of sp³-hybridized carbons (Fsp3) is 0.176. The highest BCUT2D eigenvalue weighted by molar-refractivity contribution is 6.30. The van der Waals surface area contributed by atoms with Gasteiger partial charge in [-0.3, -0.25) is 0 Å². The van der Waals surface area contributed by atoms with Crippen LogP contribution in [0.2, 0.25) is 5.02 Å². The molecule has 0 saturated heterocycles. The van der Waals surface area contributed by atoms with Gasteiger partial charge in [0.15, 0.2) is 0 Å². The third-order valence-corrected chi connectivity index (χ3v) is 3.57. The Labute approximate surface area is 133 Å². The summed E-state index contributed by atoms with van der Waals surface area (Å²) in [6.45, 7) is 2.07. The molecule has 0 aliphatic rings. The lowest BCUT2D eigenvalue weighted by atomic mass is 9.97. The van der Waals surface area contributed by atoms with Gasteiger partial charge in [0.1, 0.15) is 0 Å². The van der Waals surface area contributed by atoms with Gasteiger partial charge in [-0.1, -0.05) is 30.7 Å². The molecule has 0 spiro atoms. The highest BCUT2D eigenvalue weighted by Gasteiger charge is 2.08. The van der Waals surface area contributed by atoms with E-state index < -0.39 is 0 Å². The molecule has 0 radical (unpaired) electrons. The van der Waals surface area contributed by atoms with Crippen LogP contribution in [0.15, 0.2) is 46.4 Å². The maximum absolute atomic E-state index is 10.6. The zero-order valence-corrected chi connectivity index (χ0v) is 12.7. The lowest BCUT2D eigenvalue weighted by molar-refractivity contribution is 0.565. The topological polar surface area (TPSA) is 58.9 Å². The number of aliphatic imine (C=N–C) groups is 2. The van der Waals surface area contributed by atoms with Gasteiger partial charge in [0.05, 0.1) is 11.4 Å². The molecule has 0 saturated carbocycles. The number of aryl methyl sites for hydroxylation is 1. The first-order chi connectivity index (χ1) is 10.7. The highest BCUT2D eigenvalue weighted by Crippen LogP contribution is 2.29. The second kappa shape index (κ2) is 7.48. The zero-order chi connectivity index (χ0) is 15.9. The first kappa shape index (κ1) is 15.9. The van der Waals surface area contributed by atoms with E-state index in [1.165, 1.54) is 17.7 Å². The van der Waals surface area contributed by atoms with Crippen LogP contribution in [0, 0.1) is 0 Å². The van der Waals surface area contributed by atoms with Gasteiger partial charge >= 0.3 is 0 Å². The van der Waals surface area contributed by atoms with Crippen LogP contribution >= 0.6 is 11.6 Å². The van der Waals surface area contributed by atoms with Crippen molar-refractivity contribution >= 4 is 35.1 Å². The van der Waals surface area contributed by atoms with Gasteiger partial charge in [-0.05, 0) is 53.8 Å². The van der Waals surface area contributed by atoms with Gasteiger partial charge in [0.2, 0.25) is 12.2 Å². The molecule has 2 aromatic carbocycles. The van der Waals surface area contributed by atoms with Crippen molar-refractivity contribution in [3.05, 3.63) is 58.1 Å². The summed E-state index contributed by atoms with van der Waals surface area (Å²) in [6.07, 6.45) is 4.45. The van der Waals surface area contributed by atoms with Gasteiger partial charge in [-0.25, -0.2) is 9.59 Å². The van der Waals surface area contributed by atoms with Crippen LogP contribution in [0.3, 0.4) is 0 Å². The molecule has 0 N–H and O–H groups in total. The van der Waals surface area contributed by atoms with E-state index in [-0.39, 0.29) is 0 Å². The van der Waals surface area contributed by atoms with Crippen molar-refractivity contribution in [3.63, 3.8) is 0 Å². The number of isocyanates is 2. The molecule has 0 aliphatic carbocycles. The summed E-state index contributed by atoms with van der Waals surface area (Å²) in [6, 6.07) is 10.8. The minimum atomic E-state index is 0.398. The fourth-order valence-electron chi connectivity index (χ4n) is 2.29. The van der Waals surface area contributed by atoms with E-state index in [9.17, 15) is 9.59 Å². The van der Waals surface area contributed by atoms with E-state index >= 15 is 0 Å². The van der Waals surface area contributed by atoms with Gasteiger partial charge < -0.3 is 0 Å². The lowest BCUT2D eigenvalue weighted by Gasteiger charge is -2.10. The monoisotopic (exact) mass is 312 g/mol. The second-order valence-corrected chi connectivity index (χ2v) is 5.10. The Hall–Kier alpha value is -2.51. The first-order valence-corrected chi connectivity index (χ1v) is 7.11. The minimum Gasteiger partial charge on any atom is -0.211 e. The molecule has 2 aromatic rings. The molecule has 0 aromatic heterocycles. The molecule has 2 rings (SSSR count). The van der Waals surface area contributed by atoms with E-state index in [2.05, 4.69) is 16.9 Å². The Balaban J connectivity index is 2.47. The van der Waals surface area contributed by atoms with Crippen LogP contribution in [-0.4, -0.2) is 12.2 Å². The first-order valence-electron chi connectivity index (χ1n) is 6.74. The summed E-state index contributed by atoms with van der Waals surface area (Å²) in [7, 11) is 0. The molecular weight excluding hydrogens is 300 g/mol. The fourth-order valence-corrected chi connectivity index (χ4v) is 2.48. The quantitative estimate of drug-likeness (QED) is 0.606. The predicted octanol–water partition coefficient (Wildman–Crippen LogP) is 4.43. The van der Waals surface area contributed by atoms with Crippen molar-refractivity contribution in [2.75, 3.05) is 0 Å². The van der Waals surface area contributed by atoms with Crippen molar-refractivity contribution in [3.8, 4) is 0 Å². The maximum atomic E-state index is 10.6. The zero-order valence-electron chi connectivity index (χ0n) is 12.0. The molecule has 4 nitrogen and oxygen atoms in total. The van der Waals surface area contributed by atoms with E-state index in [1.807, 2.05) is 18.2 Å². The van der Waals surface area contributed by atoms with Crippen LogP contribution < -0.4 is 0 Å². The van der Waals surface area contributed by atoms with E-state index in [0.29, 0.717) is 22.8 Å². The molecule has 0 unspecified atom stereocenters. The highest BCUT2D eigenvalue weighted by atomic mass is 35.5. The van der Waals surface area contributed by atoms with Crippen LogP contribution in [-0.2, 0) is 22.4 Å². The second-order valence-electron chi connectivity index (χ2n) is 4.66. The Kier molecular flexibility index (Phi) is 5.40. The summed E-state index contributed by atoms with van der Waals surface area (Å²) in [5, 5.41) is 0.662. The summed E-state index contributed by atoms with van der Waals surface area (Å²) in [5.74, 6) is 0. The third kappa shape index (κ3) is 3.78. The Morgan fingerprint density at radius 2 is 1.68 bits per heavy atom. The van der Waals surface area contributed by atoms with E-state index in [4.69, 9.17) is 11.6 Å². The Bertz CT molecular complexity index is 789. The number of hydrogen-bond acceptors (Lipinski definition) is 4. The van der Waals surface area contributed by atoms with Gasteiger partial charge in [-0.2, -0.15) is 9.98 Å². The molecule has 0 amide bonds. The lowest BCUT2D eigenvalue weighted by Crippen LogP contribution is -1.95. The maximum Gasteiger partial charge on any atom is 0.240 e. The standard InChI is InChI=1S/C17H13ClN2O2/c1-2-12-3-5-15(18)8-14(12)7-13-4-6-16(19-10-21)9-17(13)20-11-22/h3-6,8-9H,2,7H2,1H3. The number of nitrogens with zero attached hydrogens (tertiary/aromatic N) is 2. The van der Waals surface area contributed by atoms with Crippen LogP contribution in [0.25, 0.3) is 0 Å². The summed E-state index contributed by atoms with van der Waals surface area (Å²) in [5.41, 5.74) is 3.93. The molecule has 110 valence electrons. The van der Waals surface area contributed by atoms with Crippen molar-refractivity contribution in [1.82, 2.24) is 0 Å². The summed E-state index contributed by atoms with van der Waals surface area (Å²) < 4.78 is 0.